The zero-order valence-electron chi connectivity index (χ0n) is 11.3. The Balaban J connectivity index is 1.98. The number of halogens is 1. The van der Waals surface area contributed by atoms with Crippen molar-refractivity contribution in [3.63, 3.8) is 0 Å². The van der Waals surface area contributed by atoms with Gasteiger partial charge in [0.1, 0.15) is 0 Å². The van der Waals surface area contributed by atoms with Gasteiger partial charge in [-0.15, -0.1) is 0 Å². The van der Waals surface area contributed by atoms with Crippen molar-refractivity contribution in [1.82, 2.24) is 3.82 Å². The van der Waals surface area contributed by atoms with Crippen LogP contribution in [0.15, 0.2) is 59.0 Å². The van der Waals surface area contributed by atoms with E-state index in [1.54, 1.807) is 3.82 Å². The molecule has 5 rings (SSSR count). The summed E-state index contributed by atoms with van der Waals surface area (Å²) in [7, 11) is 2.83. The molecule has 0 saturated heterocycles. The van der Waals surface area contributed by atoms with Crippen LogP contribution in [0.3, 0.4) is 0 Å². The zero-order chi connectivity index (χ0) is 14.7. The third kappa shape index (κ3) is 1.69. The lowest BCUT2D eigenvalue weighted by molar-refractivity contribution is 1.13. The first-order valence-corrected chi connectivity index (χ1v) is 9.28. The normalized spacial score (nSPS) is 15.3. The predicted octanol–water partition coefficient (Wildman–Crippen LogP) is 6.01. The summed E-state index contributed by atoms with van der Waals surface area (Å²) in [6.45, 7) is 0. The summed E-state index contributed by atoms with van der Waals surface area (Å²) in [5.74, 6) is 0.814. The van der Waals surface area contributed by atoms with Gasteiger partial charge in [-0.3, -0.25) is 0 Å². The van der Waals surface area contributed by atoms with E-state index in [1.165, 1.54) is 54.3 Å². The Morgan fingerprint density at radius 1 is 0.818 bits per heavy atom. The highest BCUT2D eigenvalue weighted by Crippen LogP contribution is 2.41. The van der Waals surface area contributed by atoms with Crippen LogP contribution in [0.2, 0.25) is 0 Å². The molecule has 4 aromatic carbocycles. The second kappa shape index (κ2) is 4.69. The SMILES string of the molecule is ClN1SSN=C1c1ccc2ccc3cccc4ccc1c2c34. The molecule has 1 aliphatic heterocycles. The van der Waals surface area contributed by atoms with E-state index in [9.17, 15) is 0 Å². The molecule has 2 nitrogen and oxygen atoms in total. The lowest BCUT2D eigenvalue weighted by Gasteiger charge is -2.15. The van der Waals surface area contributed by atoms with Crippen LogP contribution in [0.25, 0.3) is 32.3 Å². The predicted molar refractivity (Wildman–Crippen MR) is 99.6 cm³/mol. The Morgan fingerprint density at radius 2 is 1.50 bits per heavy atom. The van der Waals surface area contributed by atoms with Crippen LogP contribution >= 0.6 is 33.7 Å². The van der Waals surface area contributed by atoms with Gasteiger partial charge in [0.25, 0.3) is 0 Å². The number of amidine groups is 1. The number of hydrogen-bond donors (Lipinski definition) is 0. The van der Waals surface area contributed by atoms with Crippen LogP contribution < -0.4 is 0 Å². The molecule has 0 spiro atoms. The lowest BCUT2D eigenvalue weighted by Crippen LogP contribution is -2.11. The number of benzene rings is 4. The van der Waals surface area contributed by atoms with E-state index in [4.69, 9.17) is 11.8 Å². The molecule has 22 heavy (non-hydrogen) atoms. The van der Waals surface area contributed by atoms with Crippen LogP contribution in [0.5, 0.6) is 0 Å². The van der Waals surface area contributed by atoms with E-state index < -0.39 is 0 Å². The maximum absolute atomic E-state index is 6.25. The maximum atomic E-state index is 6.25. The second-order valence-corrected chi connectivity index (χ2v) is 7.56. The highest BCUT2D eigenvalue weighted by molar-refractivity contribution is 8.76. The molecular weight excluding hydrogens is 332 g/mol. The van der Waals surface area contributed by atoms with Gasteiger partial charge in [-0.05, 0) is 38.4 Å². The Morgan fingerprint density at radius 3 is 2.23 bits per heavy atom. The molecule has 0 unspecified atom stereocenters. The Hall–Kier alpha value is -1.62. The van der Waals surface area contributed by atoms with Crippen LogP contribution in [0.1, 0.15) is 5.56 Å². The molecule has 0 atom stereocenters. The molecule has 0 aliphatic carbocycles. The quantitative estimate of drug-likeness (QED) is 0.182. The first kappa shape index (κ1) is 12.9. The average Bonchev–Trinajstić information content (AvgIpc) is 2.98. The second-order valence-electron chi connectivity index (χ2n) is 5.28. The average molecular weight is 341 g/mol. The van der Waals surface area contributed by atoms with Gasteiger partial charge < -0.3 is 0 Å². The largest absolute Gasteiger partial charge is 0.195 e. The summed E-state index contributed by atoms with van der Waals surface area (Å²) in [5.41, 5.74) is 1.08. The summed E-state index contributed by atoms with van der Waals surface area (Å²) >= 11 is 6.25. The summed E-state index contributed by atoms with van der Waals surface area (Å²) in [6, 6.07) is 19.5. The van der Waals surface area contributed by atoms with E-state index in [0.717, 1.165) is 11.4 Å². The smallest absolute Gasteiger partial charge is 0.171 e. The first-order valence-electron chi connectivity index (χ1n) is 6.87. The van der Waals surface area contributed by atoms with E-state index in [2.05, 4.69) is 59.0 Å². The van der Waals surface area contributed by atoms with Crippen LogP contribution in [0, 0.1) is 0 Å². The van der Waals surface area contributed by atoms with E-state index in [0.29, 0.717) is 0 Å². The van der Waals surface area contributed by atoms with Gasteiger partial charge in [0.2, 0.25) is 0 Å². The molecule has 0 bridgehead atoms. The Bertz CT molecular complexity index is 1040. The third-order valence-corrected chi connectivity index (χ3v) is 6.26. The molecule has 106 valence electrons. The Kier molecular flexibility index (Phi) is 2.74. The van der Waals surface area contributed by atoms with Gasteiger partial charge in [-0.25, -0.2) is 0 Å². The minimum atomic E-state index is 0.814. The fourth-order valence-electron chi connectivity index (χ4n) is 3.22. The topological polar surface area (TPSA) is 15.6 Å². The minimum absolute atomic E-state index is 0.814. The van der Waals surface area contributed by atoms with Crippen molar-refractivity contribution < 1.29 is 0 Å². The van der Waals surface area contributed by atoms with E-state index in [-0.39, 0.29) is 0 Å². The van der Waals surface area contributed by atoms with Gasteiger partial charge in [0.15, 0.2) is 5.84 Å². The number of hydrogen-bond acceptors (Lipinski definition) is 4. The van der Waals surface area contributed by atoms with Crippen molar-refractivity contribution in [2.45, 2.75) is 0 Å². The standard InChI is InChI=1S/C17H9ClN2S2/c18-20-17(19-21-22-20)14-9-7-12-5-4-10-2-1-3-11-6-8-13(14)16(12)15(10)11/h1-9H. The van der Waals surface area contributed by atoms with Crippen molar-refractivity contribution in [3.05, 3.63) is 60.2 Å². The summed E-state index contributed by atoms with van der Waals surface area (Å²) in [6.07, 6.45) is 0. The van der Waals surface area contributed by atoms with Crippen molar-refractivity contribution in [2.75, 3.05) is 0 Å². The van der Waals surface area contributed by atoms with Crippen molar-refractivity contribution in [2.24, 2.45) is 4.40 Å². The summed E-state index contributed by atoms with van der Waals surface area (Å²) in [5, 5.41) is 7.61. The molecular formula is C17H9ClN2S2. The fraction of sp³-hybridized carbons (Fsp3) is 0. The van der Waals surface area contributed by atoms with E-state index in [1.807, 2.05) is 0 Å². The zero-order valence-corrected chi connectivity index (χ0v) is 13.7. The number of nitrogens with zero attached hydrogens (tertiary/aromatic N) is 2. The van der Waals surface area contributed by atoms with Gasteiger partial charge in [0, 0.05) is 17.3 Å². The minimum Gasteiger partial charge on any atom is -0.195 e. The molecule has 1 aliphatic rings. The molecule has 0 radical (unpaired) electrons. The van der Waals surface area contributed by atoms with Crippen LogP contribution in [0.4, 0.5) is 0 Å². The van der Waals surface area contributed by atoms with Crippen LogP contribution in [-0.2, 0) is 0 Å². The molecule has 0 fully saturated rings. The van der Waals surface area contributed by atoms with Gasteiger partial charge in [-0.2, -0.15) is 8.22 Å². The molecule has 0 amide bonds. The molecule has 0 aromatic heterocycles. The lowest BCUT2D eigenvalue weighted by atomic mass is 9.92. The molecule has 0 N–H and O–H groups in total. The molecule has 5 heteroatoms. The highest BCUT2D eigenvalue weighted by atomic mass is 35.5. The third-order valence-electron chi connectivity index (χ3n) is 4.16. The number of rotatable bonds is 1. The first-order chi connectivity index (χ1) is 10.8. The van der Waals surface area contributed by atoms with Gasteiger partial charge >= 0.3 is 0 Å². The summed E-state index contributed by atoms with van der Waals surface area (Å²) in [4.78, 5) is 0. The van der Waals surface area contributed by atoms with E-state index >= 15 is 0 Å². The van der Waals surface area contributed by atoms with Crippen LogP contribution in [-0.4, -0.2) is 9.66 Å². The maximum Gasteiger partial charge on any atom is 0.171 e. The van der Waals surface area contributed by atoms with Crippen molar-refractivity contribution >= 4 is 71.9 Å². The summed E-state index contributed by atoms with van der Waals surface area (Å²) < 4.78 is 6.07. The fourth-order valence-corrected chi connectivity index (χ4v) is 4.93. The van der Waals surface area contributed by atoms with Gasteiger partial charge in [0.05, 0.1) is 22.0 Å². The van der Waals surface area contributed by atoms with Gasteiger partial charge in [-0.1, -0.05) is 48.5 Å². The molecule has 4 aromatic rings. The molecule has 1 heterocycles. The molecule has 0 saturated carbocycles. The highest BCUT2D eigenvalue weighted by Gasteiger charge is 2.22. The Labute approximate surface area is 140 Å². The van der Waals surface area contributed by atoms with Crippen molar-refractivity contribution in [3.8, 4) is 0 Å². The van der Waals surface area contributed by atoms with Crippen molar-refractivity contribution in [1.29, 1.82) is 0 Å². The monoisotopic (exact) mass is 340 g/mol.